The van der Waals surface area contributed by atoms with Crippen molar-refractivity contribution in [2.75, 3.05) is 6.61 Å². The average molecular weight is 188 g/mol. The van der Waals surface area contributed by atoms with Crippen LogP contribution in [0.15, 0.2) is 36.4 Å². The molecule has 0 unspecified atom stereocenters. The quantitative estimate of drug-likeness (QED) is 0.785. The monoisotopic (exact) mass is 188 g/mol. The number of aromatic hydroxyl groups is 1. The number of hydrogen-bond acceptors (Lipinski definition) is 2. The average Bonchev–Trinajstić information content (AvgIpc) is 2.19. The van der Waals surface area contributed by atoms with Crippen molar-refractivity contribution in [3.63, 3.8) is 0 Å². The molecule has 2 nitrogen and oxygen atoms in total. The van der Waals surface area contributed by atoms with Gasteiger partial charge in [-0.3, -0.25) is 0 Å². The smallest absolute Gasteiger partial charge is 0.130 e. The van der Waals surface area contributed by atoms with Crippen LogP contribution in [0.25, 0.3) is 10.8 Å². The van der Waals surface area contributed by atoms with Crippen molar-refractivity contribution in [1.29, 1.82) is 0 Å². The van der Waals surface area contributed by atoms with Gasteiger partial charge in [-0.1, -0.05) is 24.3 Å². The first-order valence-electron chi connectivity index (χ1n) is 4.66. The molecule has 0 aliphatic carbocycles. The lowest BCUT2D eigenvalue weighted by Crippen LogP contribution is -1.92. The van der Waals surface area contributed by atoms with Gasteiger partial charge in [0.2, 0.25) is 0 Å². The Balaban J connectivity index is 2.71. The van der Waals surface area contributed by atoms with Gasteiger partial charge in [0.1, 0.15) is 11.5 Å². The van der Waals surface area contributed by atoms with Crippen molar-refractivity contribution in [2.24, 2.45) is 0 Å². The molecule has 72 valence electrons. The molecule has 2 aromatic rings. The van der Waals surface area contributed by atoms with E-state index in [1.807, 2.05) is 37.3 Å². The summed E-state index contributed by atoms with van der Waals surface area (Å²) in [6.07, 6.45) is 0. The zero-order chi connectivity index (χ0) is 9.97. The van der Waals surface area contributed by atoms with Crippen molar-refractivity contribution in [1.82, 2.24) is 0 Å². The highest BCUT2D eigenvalue weighted by molar-refractivity contribution is 5.93. The van der Waals surface area contributed by atoms with E-state index < -0.39 is 0 Å². The van der Waals surface area contributed by atoms with Gasteiger partial charge in [-0.15, -0.1) is 0 Å². The highest BCUT2D eigenvalue weighted by Crippen LogP contribution is 2.32. The molecule has 0 heterocycles. The summed E-state index contributed by atoms with van der Waals surface area (Å²) in [6.45, 7) is 2.53. The standard InChI is InChI=1S/C12H12O2/c1-2-14-11-8-4-6-9-5-3-7-10(13)12(9)11/h3-8,13H,2H2,1H3. The van der Waals surface area contributed by atoms with Crippen LogP contribution < -0.4 is 4.74 Å². The van der Waals surface area contributed by atoms with Crippen LogP contribution in [0, 0.1) is 0 Å². The molecule has 0 aliphatic rings. The molecule has 2 aromatic carbocycles. The highest BCUT2D eigenvalue weighted by Gasteiger charge is 2.04. The first-order valence-corrected chi connectivity index (χ1v) is 4.66. The summed E-state index contributed by atoms with van der Waals surface area (Å²) in [5, 5.41) is 11.5. The Bertz CT molecular complexity index is 444. The summed E-state index contributed by atoms with van der Waals surface area (Å²) in [5.41, 5.74) is 0. The number of fused-ring (bicyclic) bond motifs is 1. The van der Waals surface area contributed by atoms with Gasteiger partial charge in [0.25, 0.3) is 0 Å². The van der Waals surface area contributed by atoms with E-state index in [0.29, 0.717) is 6.61 Å². The Hall–Kier alpha value is -1.70. The van der Waals surface area contributed by atoms with Crippen molar-refractivity contribution in [3.05, 3.63) is 36.4 Å². The van der Waals surface area contributed by atoms with Crippen LogP contribution in [0.4, 0.5) is 0 Å². The Kier molecular flexibility index (Phi) is 2.27. The minimum Gasteiger partial charge on any atom is -0.507 e. The van der Waals surface area contributed by atoms with Gasteiger partial charge in [-0.2, -0.15) is 0 Å². The van der Waals surface area contributed by atoms with Crippen LogP contribution >= 0.6 is 0 Å². The van der Waals surface area contributed by atoms with Gasteiger partial charge in [0.15, 0.2) is 0 Å². The molecule has 0 saturated heterocycles. The van der Waals surface area contributed by atoms with E-state index in [1.165, 1.54) is 0 Å². The lowest BCUT2D eigenvalue weighted by atomic mass is 10.1. The second-order valence-corrected chi connectivity index (χ2v) is 3.06. The lowest BCUT2D eigenvalue weighted by Gasteiger charge is -2.08. The van der Waals surface area contributed by atoms with Crippen LogP contribution in [0.1, 0.15) is 6.92 Å². The summed E-state index contributed by atoms with van der Waals surface area (Å²) in [4.78, 5) is 0. The van der Waals surface area contributed by atoms with E-state index in [0.717, 1.165) is 16.5 Å². The predicted molar refractivity (Wildman–Crippen MR) is 56.8 cm³/mol. The van der Waals surface area contributed by atoms with Gasteiger partial charge in [0.05, 0.1) is 12.0 Å². The highest BCUT2D eigenvalue weighted by atomic mass is 16.5. The molecular weight excluding hydrogens is 176 g/mol. The minimum absolute atomic E-state index is 0.270. The van der Waals surface area contributed by atoms with Crippen LogP contribution in [0.3, 0.4) is 0 Å². The Morgan fingerprint density at radius 3 is 2.57 bits per heavy atom. The van der Waals surface area contributed by atoms with Crippen molar-refractivity contribution >= 4 is 10.8 Å². The number of hydrogen-bond donors (Lipinski definition) is 1. The molecule has 0 aromatic heterocycles. The number of benzene rings is 2. The Labute approximate surface area is 82.8 Å². The Morgan fingerprint density at radius 2 is 1.86 bits per heavy atom. The molecule has 0 spiro atoms. The molecule has 0 atom stereocenters. The predicted octanol–water partition coefficient (Wildman–Crippen LogP) is 2.94. The molecule has 14 heavy (non-hydrogen) atoms. The van der Waals surface area contributed by atoms with Gasteiger partial charge >= 0.3 is 0 Å². The summed E-state index contributed by atoms with van der Waals surface area (Å²) >= 11 is 0. The maximum atomic E-state index is 9.70. The zero-order valence-electron chi connectivity index (χ0n) is 8.03. The molecule has 0 amide bonds. The third-order valence-corrected chi connectivity index (χ3v) is 2.14. The molecule has 0 radical (unpaired) electrons. The molecular formula is C12H12O2. The topological polar surface area (TPSA) is 29.5 Å². The van der Waals surface area contributed by atoms with E-state index >= 15 is 0 Å². The third kappa shape index (κ3) is 1.39. The SMILES string of the molecule is CCOc1cccc2cccc(O)c12. The fourth-order valence-electron chi connectivity index (χ4n) is 1.56. The number of rotatable bonds is 2. The van der Waals surface area contributed by atoms with E-state index in [1.54, 1.807) is 6.07 Å². The molecule has 0 bridgehead atoms. The molecule has 0 fully saturated rings. The summed E-state index contributed by atoms with van der Waals surface area (Å²) in [5.74, 6) is 1.01. The summed E-state index contributed by atoms with van der Waals surface area (Å²) in [7, 11) is 0. The molecule has 0 aliphatic heterocycles. The normalized spacial score (nSPS) is 10.4. The zero-order valence-corrected chi connectivity index (χ0v) is 8.03. The molecule has 2 heteroatoms. The van der Waals surface area contributed by atoms with E-state index in [9.17, 15) is 5.11 Å². The first-order chi connectivity index (χ1) is 6.83. The fraction of sp³-hybridized carbons (Fsp3) is 0.167. The molecule has 0 saturated carbocycles. The molecule has 1 N–H and O–H groups in total. The number of phenols is 1. The van der Waals surface area contributed by atoms with Crippen LogP contribution in [0.5, 0.6) is 11.5 Å². The number of phenolic OH excluding ortho intramolecular Hbond substituents is 1. The second kappa shape index (κ2) is 3.58. The summed E-state index contributed by atoms with van der Waals surface area (Å²) in [6, 6.07) is 11.2. The van der Waals surface area contributed by atoms with Gasteiger partial charge in [-0.05, 0) is 24.4 Å². The maximum absolute atomic E-state index is 9.70. The van der Waals surface area contributed by atoms with E-state index in [-0.39, 0.29) is 5.75 Å². The number of ether oxygens (including phenoxy) is 1. The van der Waals surface area contributed by atoms with Crippen molar-refractivity contribution < 1.29 is 9.84 Å². The van der Waals surface area contributed by atoms with Gasteiger partial charge < -0.3 is 9.84 Å². The lowest BCUT2D eigenvalue weighted by molar-refractivity contribution is 0.343. The third-order valence-electron chi connectivity index (χ3n) is 2.14. The van der Waals surface area contributed by atoms with Gasteiger partial charge in [0, 0.05) is 0 Å². The summed E-state index contributed by atoms with van der Waals surface area (Å²) < 4.78 is 5.44. The van der Waals surface area contributed by atoms with Crippen LogP contribution in [-0.2, 0) is 0 Å². The van der Waals surface area contributed by atoms with E-state index in [2.05, 4.69) is 0 Å². The van der Waals surface area contributed by atoms with E-state index in [4.69, 9.17) is 4.74 Å². The van der Waals surface area contributed by atoms with Gasteiger partial charge in [-0.25, -0.2) is 0 Å². The van der Waals surface area contributed by atoms with Crippen LogP contribution in [0.2, 0.25) is 0 Å². The molecule has 2 rings (SSSR count). The van der Waals surface area contributed by atoms with Crippen molar-refractivity contribution in [3.8, 4) is 11.5 Å². The van der Waals surface area contributed by atoms with Crippen LogP contribution in [-0.4, -0.2) is 11.7 Å². The largest absolute Gasteiger partial charge is 0.507 e. The van der Waals surface area contributed by atoms with Crippen molar-refractivity contribution in [2.45, 2.75) is 6.92 Å². The minimum atomic E-state index is 0.270. The Morgan fingerprint density at radius 1 is 1.14 bits per heavy atom. The fourth-order valence-corrected chi connectivity index (χ4v) is 1.56. The maximum Gasteiger partial charge on any atom is 0.130 e. The second-order valence-electron chi connectivity index (χ2n) is 3.06. The first kappa shape index (κ1) is 8.88.